The molecule has 2 aromatic carbocycles. The fourth-order valence-corrected chi connectivity index (χ4v) is 3.95. The minimum Gasteiger partial charge on any atom is -0.356 e. The van der Waals surface area contributed by atoms with E-state index in [1.807, 2.05) is 19.1 Å². The van der Waals surface area contributed by atoms with Crippen molar-refractivity contribution in [3.8, 4) is 0 Å². The first-order valence-electron chi connectivity index (χ1n) is 9.40. The Morgan fingerprint density at radius 1 is 1.11 bits per heavy atom. The van der Waals surface area contributed by atoms with Gasteiger partial charge in [-0.3, -0.25) is 9.59 Å². The number of carbonyl (C=O) groups excluding carboxylic acids is 2. The van der Waals surface area contributed by atoms with Crippen molar-refractivity contribution in [2.75, 3.05) is 19.6 Å². The van der Waals surface area contributed by atoms with Gasteiger partial charge in [0.1, 0.15) is 0 Å². The first kappa shape index (κ1) is 19.4. The predicted octanol–water partition coefficient (Wildman–Crippen LogP) is 4.03. The maximum Gasteiger partial charge on any atom is 0.255 e. The lowest BCUT2D eigenvalue weighted by atomic mass is 9.86. The van der Waals surface area contributed by atoms with E-state index in [0.29, 0.717) is 30.2 Å². The minimum absolute atomic E-state index is 0.0135. The summed E-state index contributed by atoms with van der Waals surface area (Å²) in [5, 5.41) is 3.44. The minimum atomic E-state index is -0.260. The lowest BCUT2D eigenvalue weighted by molar-refractivity contribution is -0.124. The highest BCUT2D eigenvalue weighted by Crippen LogP contribution is 2.35. The smallest absolute Gasteiger partial charge is 0.255 e. The van der Waals surface area contributed by atoms with Gasteiger partial charge in [-0.1, -0.05) is 54.9 Å². The zero-order chi connectivity index (χ0) is 19.4. The van der Waals surface area contributed by atoms with Gasteiger partial charge in [0.2, 0.25) is 5.91 Å². The van der Waals surface area contributed by atoms with Crippen LogP contribution in [0.5, 0.6) is 0 Å². The monoisotopic (exact) mass is 384 g/mol. The molecule has 0 saturated carbocycles. The van der Waals surface area contributed by atoms with Gasteiger partial charge >= 0.3 is 0 Å². The molecule has 27 heavy (non-hydrogen) atoms. The predicted molar refractivity (Wildman–Crippen MR) is 108 cm³/mol. The number of halogens is 1. The first-order chi connectivity index (χ1) is 13.0. The summed E-state index contributed by atoms with van der Waals surface area (Å²) in [6.07, 6.45) is 0.885. The Morgan fingerprint density at radius 3 is 2.52 bits per heavy atom. The molecule has 2 atom stereocenters. The second kappa shape index (κ2) is 8.57. The van der Waals surface area contributed by atoms with E-state index in [9.17, 15) is 9.59 Å². The van der Waals surface area contributed by atoms with Crippen LogP contribution in [0.15, 0.2) is 48.5 Å². The third kappa shape index (κ3) is 4.16. The molecular formula is C22H25ClN2O2. The molecule has 1 aliphatic heterocycles. The molecule has 1 saturated heterocycles. The van der Waals surface area contributed by atoms with Gasteiger partial charge in [0, 0.05) is 25.6 Å². The largest absolute Gasteiger partial charge is 0.356 e. The van der Waals surface area contributed by atoms with Gasteiger partial charge in [-0.25, -0.2) is 0 Å². The summed E-state index contributed by atoms with van der Waals surface area (Å²) >= 11 is 6.22. The Hall–Kier alpha value is -2.33. The molecule has 5 heteroatoms. The number of nitrogens with one attached hydrogen (secondary N) is 1. The van der Waals surface area contributed by atoms with Crippen molar-refractivity contribution in [3.05, 3.63) is 70.2 Å². The molecule has 4 nitrogen and oxygen atoms in total. The van der Waals surface area contributed by atoms with Crippen molar-refractivity contribution in [1.29, 1.82) is 0 Å². The highest BCUT2D eigenvalue weighted by Gasteiger charge is 2.41. The van der Waals surface area contributed by atoms with E-state index in [0.717, 1.165) is 17.5 Å². The summed E-state index contributed by atoms with van der Waals surface area (Å²) < 4.78 is 0. The van der Waals surface area contributed by atoms with E-state index in [1.54, 1.807) is 29.2 Å². The second-order valence-electron chi connectivity index (χ2n) is 7.05. The molecule has 0 radical (unpaired) electrons. The van der Waals surface area contributed by atoms with Gasteiger partial charge in [0.15, 0.2) is 0 Å². The van der Waals surface area contributed by atoms with E-state index < -0.39 is 0 Å². The quantitative estimate of drug-likeness (QED) is 0.846. The molecule has 0 bridgehead atoms. The SMILES string of the molecule is CCCNC(=O)[C@@H]1CN(C(=O)c2ccccc2Cl)C[C@@H]1c1ccccc1C. The topological polar surface area (TPSA) is 49.4 Å². The van der Waals surface area contributed by atoms with Gasteiger partial charge in [0.05, 0.1) is 16.5 Å². The van der Waals surface area contributed by atoms with Gasteiger partial charge < -0.3 is 10.2 Å². The highest BCUT2D eigenvalue weighted by atomic mass is 35.5. The van der Waals surface area contributed by atoms with E-state index in [2.05, 4.69) is 24.4 Å². The molecule has 1 aliphatic rings. The Balaban J connectivity index is 1.89. The number of amides is 2. The summed E-state index contributed by atoms with van der Waals surface area (Å²) in [5.41, 5.74) is 2.75. The van der Waals surface area contributed by atoms with Crippen LogP contribution >= 0.6 is 11.6 Å². The van der Waals surface area contributed by atoms with E-state index >= 15 is 0 Å². The van der Waals surface area contributed by atoms with Crippen molar-refractivity contribution in [1.82, 2.24) is 10.2 Å². The standard InChI is InChI=1S/C22H25ClN2O2/c1-3-12-24-21(26)19-14-25(22(27)17-10-6-7-11-20(17)23)13-18(19)16-9-5-4-8-15(16)2/h4-11,18-19H,3,12-14H2,1-2H3,(H,24,26)/t18-,19-/m1/s1. The van der Waals surface area contributed by atoms with Crippen molar-refractivity contribution >= 4 is 23.4 Å². The third-order valence-corrected chi connectivity index (χ3v) is 5.51. The van der Waals surface area contributed by atoms with Crippen LogP contribution in [0.1, 0.15) is 40.7 Å². The van der Waals surface area contributed by atoms with Crippen LogP contribution in [0.3, 0.4) is 0 Å². The van der Waals surface area contributed by atoms with Gasteiger partial charge in [-0.2, -0.15) is 0 Å². The Kier molecular flexibility index (Phi) is 6.17. The molecule has 1 fully saturated rings. The third-order valence-electron chi connectivity index (χ3n) is 5.19. The first-order valence-corrected chi connectivity index (χ1v) is 9.77. The number of likely N-dealkylation sites (tertiary alicyclic amines) is 1. The van der Waals surface area contributed by atoms with Gasteiger partial charge in [-0.05, 0) is 36.6 Å². The zero-order valence-electron chi connectivity index (χ0n) is 15.7. The maximum atomic E-state index is 13.0. The summed E-state index contributed by atoms with van der Waals surface area (Å²) in [5.74, 6) is -0.386. The van der Waals surface area contributed by atoms with E-state index in [1.165, 1.54) is 0 Å². The lowest BCUT2D eigenvalue weighted by Crippen LogP contribution is -2.36. The van der Waals surface area contributed by atoms with Crippen LogP contribution in [0, 0.1) is 12.8 Å². The number of rotatable bonds is 5. The lowest BCUT2D eigenvalue weighted by Gasteiger charge is -2.19. The maximum absolute atomic E-state index is 13.0. The average Bonchev–Trinajstić information content (AvgIpc) is 3.11. The summed E-state index contributed by atoms with van der Waals surface area (Å²) in [4.78, 5) is 27.6. The molecule has 1 N–H and O–H groups in total. The molecule has 1 heterocycles. The van der Waals surface area contributed by atoms with E-state index in [4.69, 9.17) is 11.6 Å². The fourth-order valence-electron chi connectivity index (χ4n) is 3.74. The molecular weight excluding hydrogens is 360 g/mol. The molecule has 0 aliphatic carbocycles. The van der Waals surface area contributed by atoms with Gasteiger partial charge in [0.25, 0.3) is 5.91 Å². The second-order valence-corrected chi connectivity index (χ2v) is 7.46. The van der Waals surface area contributed by atoms with Crippen LogP contribution in [0.4, 0.5) is 0 Å². The summed E-state index contributed by atoms with van der Waals surface area (Å²) in [6, 6.07) is 15.2. The van der Waals surface area contributed by atoms with Crippen LogP contribution in [0.2, 0.25) is 5.02 Å². The number of aryl methyl sites for hydroxylation is 1. The molecule has 142 valence electrons. The average molecular weight is 385 g/mol. The van der Waals surface area contributed by atoms with Gasteiger partial charge in [-0.15, -0.1) is 0 Å². The Morgan fingerprint density at radius 2 is 1.81 bits per heavy atom. The van der Waals surface area contributed by atoms with Crippen LogP contribution in [-0.2, 0) is 4.79 Å². The highest BCUT2D eigenvalue weighted by molar-refractivity contribution is 6.33. The van der Waals surface area contributed by atoms with Crippen LogP contribution < -0.4 is 5.32 Å². The number of nitrogens with zero attached hydrogens (tertiary/aromatic N) is 1. The molecule has 0 spiro atoms. The Bertz CT molecular complexity index is 837. The molecule has 2 amide bonds. The van der Waals surface area contributed by atoms with E-state index in [-0.39, 0.29) is 23.7 Å². The molecule has 0 aromatic heterocycles. The Labute approximate surface area is 165 Å². The van der Waals surface area contributed by atoms with Crippen molar-refractivity contribution in [2.45, 2.75) is 26.2 Å². The number of benzene rings is 2. The van der Waals surface area contributed by atoms with Crippen molar-refractivity contribution < 1.29 is 9.59 Å². The van der Waals surface area contributed by atoms with Crippen LogP contribution in [-0.4, -0.2) is 36.3 Å². The molecule has 3 rings (SSSR count). The fraction of sp³-hybridized carbons (Fsp3) is 0.364. The number of carbonyl (C=O) groups is 2. The van der Waals surface area contributed by atoms with Crippen molar-refractivity contribution in [3.63, 3.8) is 0 Å². The normalized spacial score (nSPS) is 19.1. The number of hydrogen-bond donors (Lipinski definition) is 1. The molecule has 0 unspecified atom stereocenters. The summed E-state index contributed by atoms with van der Waals surface area (Å²) in [7, 11) is 0. The summed E-state index contributed by atoms with van der Waals surface area (Å²) in [6.45, 7) is 5.64. The van der Waals surface area contributed by atoms with Crippen molar-refractivity contribution in [2.24, 2.45) is 5.92 Å². The number of hydrogen-bond acceptors (Lipinski definition) is 2. The van der Waals surface area contributed by atoms with Crippen LogP contribution in [0.25, 0.3) is 0 Å². The molecule has 2 aromatic rings. The zero-order valence-corrected chi connectivity index (χ0v) is 16.5.